The first-order valence-electron chi connectivity index (χ1n) is 3.03. The molecule has 1 aromatic rings. The molecule has 1 rings (SSSR count). The van der Waals surface area contributed by atoms with Gasteiger partial charge in [0.25, 0.3) is 0 Å². The molecule has 11 heavy (non-hydrogen) atoms. The summed E-state index contributed by atoms with van der Waals surface area (Å²) in [5, 5.41) is 17.2. The van der Waals surface area contributed by atoms with E-state index in [2.05, 4.69) is 4.98 Å². The SMILES string of the molecule is Cl.OCc1cccc(CO)n1. The Morgan fingerprint density at radius 3 is 1.91 bits per heavy atom. The fraction of sp³-hybridized carbons (Fsp3) is 0.286. The largest absolute Gasteiger partial charge is 0.390 e. The Balaban J connectivity index is 0.000001000. The Bertz CT molecular complexity index is 198. The Labute approximate surface area is 71.1 Å². The van der Waals surface area contributed by atoms with Crippen molar-refractivity contribution in [3.05, 3.63) is 29.6 Å². The van der Waals surface area contributed by atoms with Crippen molar-refractivity contribution < 1.29 is 10.2 Å². The van der Waals surface area contributed by atoms with Crippen LogP contribution in [0.15, 0.2) is 18.2 Å². The van der Waals surface area contributed by atoms with Crippen LogP contribution in [0.1, 0.15) is 11.4 Å². The van der Waals surface area contributed by atoms with Crippen LogP contribution in [0.25, 0.3) is 0 Å². The van der Waals surface area contributed by atoms with E-state index < -0.39 is 0 Å². The van der Waals surface area contributed by atoms with Gasteiger partial charge in [-0.25, -0.2) is 0 Å². The maximum absolute atomic E-state index is 8.61. The van der Waals surface area contributed by atoms with E-state index in [4.69, 9.17) is 10.2 Å². The van der Waals surface area contributed by atoms with E-state index in [1.807, 2.05) is 0 Å². The highest BCUT2D eigenvalue weighted by Crippen LogP contribution is 1.98. The monoisotopic (exact) mass is 175 g/mol. The van der Waals surface area contributed by atoms with Gasteiger partial charge in [0.2, 0.25) is 0 Å². The maximum Gasteiger partial charge on any atom is 0.0853 e. The third-order valence-corrected chi connectivity index (χ3v) is 1.19. The molecule has 0 bridgehead atoms. The molecule has 0 fully saturated rings. The van der Waals surface area contributed by atoms with Crippen molar-refractivity contribution in [1.29, 1.82) is 0 Å². The first-order chi connectivity index (χ1) is 4.86. The molecule has 0 saturated heterocycles. The lowest BCUT2D eigenvalue weighted by Gasteiger charge is -1.96. The summed E-state index contributed by atoms with van der Waals surface area (Å²) < 4.78 is 0. The molecule has 0 saturated carbocycles. The molecule has 0 unspecified atom stereocenters. The molecule has 4 heteroatoms. The Kier molecular flexibility index (Phi) is 4.77. The van der Waals surface area contributed by atoms with Gasteiger partial charge in [0.1, 0.15) is 0 Å². The topological polar surface area (TPSA) is 53.4 Å². The fourth-order valence-electron chi connectivity index (χ4n) is 0.705. The maximum atomic E-state index is 8.61. The van der Waals surface area contributed by atoms with E-state index in [0.717, 1.165) is 0 Å². The van der Waals surface area contributed by atoms with Crippen LogP contribution in [0.2, 0.25) is 0 Å². The lowest BCUT2D eigenvalue weighted by Crippen LogP contribution is -1.93. The van der Waals surface area contributed by atoms with Crippen LogP contribution < -0.4 is 0 Å². The summed E-state index contributed by atoms with van der Waals surface area (Å²) in [6, 6.07) is 5.17. The molecule has 3 nitrogen and oxygen atoms in total. The van der Waals surface area contributed by atoms with Crippen LogP contribution in [-0.2, 0) is 13.2 Å². The summed E-state index contributed by atoms with van der Waals surface area (Å²) in [5.41, 5.74) is 1.18. The summed E-state index contributed by atoms with van der Waals surface area (Å²) in [5.74, 6) is 0. The molecule has 0 atom stereocenters. The molecule has 62 valence electrons. The predicted molar refractivity (Wildman–Crippen MR) is 43.3 cm³/mol. The van der Waals surface area contributed by atoms with Crippen molar-refractivity contribution >= 4 is 12.4 Å². The lowest BCUT2D eigenvalue weighted by atomic mass is 10.3. The Morgan fingerprint density at radius 2 is 1.55 bits per heavy atom. The van der Waals surface area contributed by atoms with Gasteiger partial charge in [-0.2, -0.15) is 0 Å². The van der Waals surface area contributed by atoms with Crippen molar-refractivity contribution in [2.75, 3.05) is 0 Å². The summed E-state index contributed by atoms with van der Waals surface area (Å²) in [7, 11) is 0. The molecule has 2 N–H and O–H groups in total. The standard InChI is InChI=1S/C7H9NO2.ClH/c9-4-6-2-1-3-7(5-10)8-6;/h1-3,9-10H,4-5H2;1H. The lowest BCUT2D eigenvalue weighted by molar-refractivity contribution is 0.265. The first kappa shape index (κ1) is 10.4. The molecule has 0 aromatic carbocycles. The number of hydrogen-bond acceptors (Lipinski definition) is 3. The summed E-state index contributed by atoms with van der Waals surface area (Å²) in [6.07, 6.45) is 0. The minimum Gasteiger partial charge on any atom is -0.390 e. The second-order valence-corrected chi connectivity index (χ2v) is 1.94. The second-order valence-electron chi connectivity index (χ2n) is 1.94. The molecular formula is C7H10ClNO2. The van der Waals surface area contributed by atoms with Crippen LogP contribution in [-0.4, -0.2) is 15.2 Å². The van der Waals surface area contributed by atoms with Gasteiger partial charge in [0.15, 0.2) is 0 Å². The van der Waals surface area contributed by atoms with Crippen LogP contribution in [0.3, 0.4) is 0 Å². The number of aliphatic hydroxyl groups excluding tert-OH is 2. The van der Waals surface area contributed by atoms with Crippen molar-refractivity contribution in [1.82, 2.24) is 4.98 Å². The summed E-state index contributed by atoms with van der Waals surface area (Å²) in [6.45, 7) is -0.151. The Morgan fingerprint density at radius 1 is 1.09 bits per heavy atom. The normalized spacial score (nSPS) is 8.91. The van der Waals surface area contributed by atoms with Crippen molar-refractivity contribution in [2.45, 2.75) is 13.2 Å². The van der Waals surface area contributed by atoms with Crippen LogP contribution in [0, 0.1) is 0 Å². The van der Waals surface area contributed by atoms with Gasteiger partial charge >= 0.3 is 0 Å². The number of aliphatic hydroxyl groups is 2. The number of nitrogens with zero attached hydrogens (tertiary/aromatic N) is 1. The van der Waals surface area contributed by atoms with E-state index in [1.165, 1.54) is 0 Å². The van der Waals surface area contributed by atoms with E-state index in [0.29, 0.717) is 11.4 Å². The minimum atomic E-state index is -0.0756. The molecule has 0 aliphatic rings. The average molecular weight is 176 g/mol. The van der Waals surface area contributed by atoms with Gasteiger partial charge in [-0.15, -0.1) is 12.4 Å². The number of rotatable bonds is 2. The molecular weight excluding hydrogens is 166 g/mol. The third kappa shape index (κ3) is 2.84. The number of aromatic nitrogens is 1. The van der Waals surface area contributed by atoms with E-state index in [9.17, 15) is 0 Å². The number of hydrogen-bond donors (Lipinski definition) is 2. The zero-order chi connectivity index (χ0) is 7.40. The highest BCUT2D eigenvalue weighted by atomic mass is 35.5. The molecule has 0 aliphatic heterocycles. The highest BCUT2D eigenvalue weighted by molar-refractivity contribution is 5.85. The van der Waals surface area contributed by atoms with Crippen molar-refractivity contribution in [2.24, 2.45) is 0 Å². The van der Waals surface area contributed by atoms with Gasteiger partial charge in [0.05, 0.1) is 24.6 Å². The quantitative estimate of drug-likeness (QED) is 0.688. The Hall–Kier alpha value is -0.640. The van der Waals surface area contributed by atoms with Gasteiger partial charge in [-0.3, -0.25) is 4.98 Å². The highest BCUT2D eigenvalue weighted by Gasteiger charge is 1.92. The van der Waals surface area contributed by atoms with Crippen LogP contribution in [0.4, 0.5) is 0 Å². The number of pyridine rings is 1. The van der Waals surface area contributed by atoms with Crippen LogP contribution in [0.5, 0.6) is 0 Å². The minimum absolute atomic E-state index is 0. The van der Waals surface area contributed by atoms with E-state index in [1.54, 1.807) is 18.2 Å². The second kappa shape index (κ2) is 5.07. The van der Waals surface area contributed by atoms with E-state index in [-0.39, 0.29) is 25.6 Å². The molecule has 0 radical (unpaired) electrons. The van der Waals surface area contributed by atoms with Crippen molar-refractivity contribution in [3.8, 4) is 0 Å². The third-order valence-electron chi connectivity index (χ3n) is 1.19. The van der Waals surface area contributed by atoms with Gasteiger partial charge in [-0.05, 0) is 12.1 Å². The zero-order valence-electron chi connectivity index (χ0n) is 5.90. The fourth-order valence-corrected chi connectivity index (χ4v) is 0.705. The van der Waals surface area contributed by atoms with E-state index >= 15 is 0 Å². The van der Waals surface area contributed by atoms with Crippen molar-refractivity contribution in [3.63, 3.8) is 0 Å². The van der Waals surface area contributed by atoms with Gasteiger partial charge in [-0.1, -0.05) is 6.07 Å². The van der Waals surface area contributed by atoms with Gasteiger partial charge < -0.3 is 10.2 Å². The number of halogens is 1. The molecule has 1 heterocycles. The smallest absolute Gasteiger partial charge is 0.0853 e. The zero-order valence-corrected chi connectivity index (χ0v) is 6.71. The van der Waals surface area contributed by atoms with Gasteiger partial charge in [0, 0.05) is 0 Å². The summed E-state index contributed by atoms with van der Waals surface area (Å²) >= 11 is 0. The molecule has 0 spiro atoms. The first-order valence-corrected chi connectivity index (χ1v) is 3.03. The predicted octanol–water partition coefficient (Wildman–Crippen LogP) is 0.488. The molecule has 0 aliphatic carbocycles. The summed E-state index contributed by atoms with van der Waals surface area (Å²) in [4.78, 5) is 3.91. The van der Waals surface area contributed by atoms with Crippen LogP contribution >= 0.6 is 12.4 Å². The average Bonchev–Trinajstić information content (AvgIpc) is 2.05. The molecule has 0 amide bonds. The molecule has 1 aromatic heterocycles.